The maximum absolute atomic E-state index is 12.0. The maximum Gasteiger partial charge on any atom is 0.176 e. The van der Waals surface area contributed by atoms with Crippen LogP contribution in [0.4, 0.5) is 0 Å². The summed E-state index contributed by atoms with van der Waals surface area (Å²) in [6.07, 6.45) is 0.825. The van der Waals surface area contributed by atoms with Gasteiger partial charge in [0.1, 0.15) is 5.75 Å². The van der Waals surface area contributed by atoms with Crippen LogP contribution < -0.4 is 4.74 Å². The van der Waals surface area contributed by atoms with E-state index in [0.717, 1.165) is 23.3 Å². The zero-order chi connectivity index (χ0) is 11.9. The van der Waals surface area contributed by atoms with E-state index in [1.807, 2.05) is 18.2 Å². The molecule has 0 radical (unpaired) electrons. The molecule has 0 amide bonds. The summed E-state index contributed by atoms with van der Waals surface area (Å²) in [4.78, 5) is 11.9. The lowest BCUT2D eigenvalue weighted by Gasteiger charge is -2.34. The van der Waals surface area contributed by atoms with E-state index in [4.69, 9.17) is 4.74 Å². The second kappa shape index (κ2) is 3.88. The lowest BCUT2D eigenvalue weighted by Crippen LogP contribution is -2.34. The van der Waals surface area contributed by atoms with E-state index >= 15 is 0 Å². The van der Waals surface area contributed by atoms with Crippen molar-refractivity contribution in [3.63, 3.8) is 0 Å². The van der Waals surface area contributed by atoms with Crippen LogP contribution in [0.3, 0.4) is 0 Å². The number of carbonyl (C=O) groups excluding carboxylic acids is 1. The molecule has 1 atom stereocenters. The summed E-state index contributed by atoms with van der Waals surface area (Å²) in [5, 5.41) is 0. The number of halogens is 1. The number of methoxy groups -OCH3 is 1. The average Bonchev–Trinajstić information content (AvgIpc) is 2.25. The molecule has 0 N–H and O–H groups in total. The Morgan fingerprint density at radius 2 is 2.12 bits per heavy atom. The van der Waals surface area contributed by atoms with Crippen molar-refractivity contribution in [2.24, 2.45) is 0 Å². The Morgan fingerprint density at radius 1 is 1.44 bits per heavy atom. The Labute approximate surface area is 104 Å². The fraction of sp³-hybridized carbons (Fsp3) is 0.462. The predicted octanol–water partition coefficient (Wildman–Crippen LogP) is 3.32. The van der Waals surface area contributed by atoms with Gasteiger partial charge in [-0.3, -0.25) is 4.79 Å². The van der Waals surface area contributed by atoms with Crippen LogP contribution in [0.1, 0.15) is 36.2 Å². The molecular weight excluding hydrogens is 268 g/mol. The third kappa shape index (κ3) is 1.77. The van der Waals surface area contributed by atoms with Gasteiger partial charge in [-0.05, 0) is 35.6 Å². The van der Waals surface area contributed by atoms with Gasteiger partial charge in [0, 0.05) is 5.56 Å². The van der Waals surface area contributed by atoms with Crippen LogP contribution in [0.25, 0.3) is 0 Å². The Kier molecular flexibility index (Phi) is 2.82. The Balaban J connectivity index is 2.60. The molecule has 0 saturated heterocycles. The minimum absolute atomic E-state index is 0.00590. The zero-order valence-electron chi connectivity index (χ0n) is 9.71. The maximum atomic E-state index is 12.0. The summed E-state index contributed by atoms with van der Waals surface area (Å²) in [5.74, 6) is 0.990. The minimum atomic E-state index is -0.0663. The number of ketones is 1. The molecule has 0 saturated carbocycles. The van der Waals surface area contributed by atoms with Crippen molar-refractivity contribution in [2.75, 3.05) is 7.11 Å². The molecule has 3 heteroatoms. The van der Waals surface area contributed by atoms with Crippen LogP contribution in [-0.4, -0.2) is 17.7 Å². The van der Waals surface area contributed by atoms with Gasteiger partial charge >= 0.3 is 0 Å². The number of Topliss-reactive ketones (excluding diaryl/α,β-unsaturated/α-hetero) is 1. The molecule has 16 heavy (non-hydrogen) atoms. The summed E-state index contributed by atoms with van der Waals surface area (Å²) >= 11 is 3.45. The predicted molar refractivity (Wildman–Crippen MR) is 67.7 cm³/mol. The standard InChI is InChI=1S/C13H15BrO2/c1-13(2)7-11(14)12(15)9-5-4-8(16-3)6-10(9)13/h4-6,11H,7H2,1-3H3/t11-/m1/s1. The molecule has 0 unspecified atom stereocenters. The van der Waals surface area contributed by atoms with Gasteiger partial charge in [0.05, 0.1) is 11.9 Å². The molecule has 0 aromatic heterocycles. The molecule has 2 rings (SSSR count). The molecule has 0 spiro atoms. The molecule has 1 aliphatic carbocycles. The first-order valence-corrected chi connectivity index (χ1v) is 6.24. The van der Waals surface area contributed by atoms with Gasteiger partial charge in [0.15, 0.2) is 5.78 Å². The van der Waals surface area contributed by atoms with E-state index in [9.17, 15) is 4.79 Å². The average molecular weight is 283 g/mol. The van der Waals surface area contributed by atoms with Gasteiger partial charge < -0.3 is 4.74 Å². The number of alkyl halides is 1. The number of benzene rings is 1. The minimum Gasteiger partial charge on any atom is -0.497 e. The lowest BCUT2D eigenvalue weighted by molar-refractivity contribution is 0.0967. The Bertz CT molecular complexity index is 438. The first kappa shape index (κ1) is 11.6. The molecule has 0 heterocycles. The first-order chi connectivity index (χ1) is 7.45. The normalized spacial score (nSPS) is 22.8. The fourth-order valence-corrected chi connectivity index (χ4v) is 3.30. The second-order valence-electron chi connectivity index (χ2n) is 4.83. The molecular formula is C13H15BrO2. The van der Waals surface area contributed by atoms with E-state index in [1.165, 1.54) is 0 Å². The molecule has 2 nitrogen and oxygen atoms in total. The summed E-state index contributed by atoms with van der Waals surface area (Å²) in [6.45, 7) is 4.32. The van der Waals surface area contributed by atoms with Crippen LogP contribution in [-0.2, 0) is 5.41 Å². The molecule has 86 valence electrons. The van der Waals surface area contributed by atoms with Gasteiger partial charge in [0.25, 0.3) is 0 Å². The SMILES string of the molecule is COc1ccc2c(c1)C(C)(C)C[C@@H](Br)C2=O. The molecule has 1 aromatic carbocycles. The van der Waals surface area contributed by atoms with Crippen molar-refractivity contribution in [1.29, 1.82) is 0 Å². The van der Waals surface area contributed by atoms with Crippen molar-refractivity contribution >= 4 is 21.7 Å². The van der Waals surface area contributed by atoms with Gasteiger partial charge in [-0.15, -0.1) is 0 Å². The van der Waals surface area contributed by atoms with Gasteiger partial charge in [-0.1, -0.05) is 29.8 Å². The van der Waals surface area contributed by atoms with Crippen LogP contribution in [0.5, 0.6) is 5.75 Å². The number of hydrogen-bond acceptors (Lipinski definition) is 2. The smallest absolute Gasteiger partial charge is 0.176 e. The van der Waals surface area contributed by atoms with E-state index in [0.29, 0.717) is 0 Å². The topological polar surface area (TPSA) is 26.3 Å². The van der Waals surface area contributed by atoms with Crippen molar-refractivity contribution in [3.05, 3.63) is 29.3 Å². The van der Waals surface area contributed by atoms with Crippen molar-refractivity contribution in [2.45, 2.75) is 30.5 Å². The summed E-state index contributed by atoms with van der Waals surface area (Å²) in [5.41, 5.74) is 1.91. The number of rotatable bonds is 1. The molecule has 1 aliphatic rings. The van der Waals surface area contributed by atoms with Crippen LogP contribution >= 0.6 is 15.9 Å². The van der Waals surface area contributed by atoms with Gasteiger partial charge in [-0.25, -0.2) is 0 Å². The highest BCUT2D eigenvalue weighted by Gasteiger charge is 2.37. The van der Waals surface area contributed by atoms with Gasteiger partial charge in [0.2, 0.25) is 0 Å². The van der Waals surface area contributed by atoms with Crippen molar-refractivity contribution in [1.82, 2.24) is 0 Å². The summed E-state index contributed by atoms with van der Waals surface area (Å²) < 4.78 is 5.21. The third-order valence-corrected chi connectivity index (χ3v) is 3.93. The third-order valence-electron chi connectivity index (χ3n) is 3.20. The molecule has 0 bridgehead atoms. The number of carbonyl (C=O) groups is 1. The second-order valence-corrected chi connectivity index (χ2v) is 5.94. The van der Waals surface area contributed by atoms with Crippen molar-refractivity contribution < 1.29 is 9.53 Å². The highest BCUT2D eigenvalue weighted by molar-refractivity contribution is 9.10. The summed E-state index contributed by atoms with van der Waals surface area (Å²) in [7, 11) is 1.65. The first-order valence-electron chi connectivity index (χ1n) is 5.32. The Morgan fingerprint density at radius 3 is 2.75 bits per heavy atom. The summed E-state index contributed by atoms with van der Waals surface area (Å²) in [6, 6.07) is 5.69. The largest absolute Gasteiger partial charge is 0.497 e. The van der Waals surface area contributed by atoms with Crippen LogP contribution in [0.2, 0.25) is 0 Å². The fourth-order valence-electron chi connectivity index (χ4n) is 2.24. The van der Waals surface area contributed by atoms with Crippen LogP contribution in [0.15, 0.2) is 18.2 Å². The van der Waals surface area contributed by atoms with Gasteiger partial charge in [-0.2, -0.15) is 0 Å². The number of ether oxygens (including phenoxy) is 1. The van der Waals surface area contributed by atoms with E-state index in [2.05, 4.69) is 29.8 Å². The highest BCUT2D eigenvalue weighted by Crippen LogP contribution is 2.40. The quantitative estimate of drug-likeness (QED) is 0.739. The zero-order valence-corrected chi connectivity index (χ0v) is 11.3. The molecule has 0 aliphatic heterocycles. The van der Waals surface area contributed by atoms with Crippen molar-refractivity contribution in [3.8, 4) is 5.75 Å². The highest BCUT2D eigenvalue weighted by atomic mass is 79.9. The molecule has 0 fully saturated rings. The molecule has 1 aromatic rings. The number of hydrogen-bond donors (Lipinski definition) is 0. The number of fused-ring (bicyclic) bond motifs is 1. The van der Waals surface area contributed by atoms with E-state index < -0.39 is 0 Å². The monoisotopic (exact) mass is 282 g/mol. The van der Waals surface area contributed by atoms with Crippen LogP contribution in [0, 0.1) is 0 Å². The Hall–Kier alpha value is -0.830. The van der Waals surface area contributed by atoms with E-state index in [1.54, 1.807) is 7.11 Å². The lowest BCUT2D eigenvalue weighted by atomic mass is 9.72. The van der Waals surface area contributed by atoms with E-state index in [-0.39, 0.29) is 16.0 Å².